The van der Waals surface area contributed by atoms with Gasteiger partial charge in [-0.25, -0.2) is 4.79 Å². The van der Waals surface area contributed by atoms with Gasteiger partial charge in [-0.15, -0.1) is 0 Å². The van der Waals surface area contributed by atoms with Crippen molar-refractivity contribution in [3.8, 4) is 0 Å². The topological polar surface area (TPSA) is 147 Å². The van der Waals surface area contributed by atoms with E-state index in [1.807, 2.05) is 0 Å². The minimum Gasteiger partial charge on any atom is -0.388 e. The average Bonchev–Trinajstić information content (AvgIpc) is 2.76. The van der Waals surface area contributed by atoms with Crippen LogP contribution in [0.15, 0.2) is 52.3 Å². The Balaban J connectivity index is 1.47. The predicted molar refractivity (Wildman–Crippen MR) is 106 cm³/mol. The molecule has 10 nitrogen and oxygen atoms in total. The minimum atomic E-state index is -1.48. The maximum Gasteiger partial charge on any atom is 0.328 e. The van der Waals surface area contributed by atoms with Gasteiger partial charge in [0.1, 0.15) is 18.3 Å². The third kappa shape index (κ3) is 4.10. The van der Waals surface area contributed by atoms with Crippen LogP contribution in [0.5, 0.6) is 0 Å². The molecule has 0 unspecified atom stereocenters. The molecule has 1 amide bonds. The third-order valence-electron chi connectivity index (χ3n) is 5.18. The number of hydrogen-bond acceptors (Lipinski definition) is 7. The molecule has 0 spiro atoms. The molecule has 3 heterocycles. The van der Waals surface area contributed by atoms with Crippen LogP contribution in [0.1, 0.15) is 10.4 Å². The maximum atomic E-state index is 13.5. The van der Waals surface area contributed by atoms with Crippen LogP contribution in [0, 0.1) is 5.82 Å². The number of hydrogen-bond donors (Lipinski definition) is 4. The molecule has 4 rings (SSSR count). The van der Waals surface area contributed by atoms with E-state index in [4.69, 9.17) is 4.74 Å². The molecule has 3 aromatic rings. The number of ether oxygens (including phenoxy) is 1. The lowest BCUT2D eigenvalue weighted by Crippen LogP contribution is -2.60. The number of nitrogens with one attached hydrogen (secondary N) is 2. The van der Waals surface area contributed by atoms with Gasteiger partial charge in [0.2, 0.25) is 5.82 Å². The lowest BCUT2D eigenvalue weighted by Gasteiger charge is -2.38. The van der Waals surface area contributed by atoms with Gasteiger partial charge in [-0.3, -0.25) is 24.1 Å². The van der Waals surface area contributed by atoms with Gasteiger partial charge in [-0.1, -0.05) is 12.1 Å². The van der Waals surface area contributed by atoms with Crippen molar-refractivity contribution in [1.29, 1.82) is 0 Å². The summed E-state index contributed by atoms with van der Waals surface area (Å²) in [4.78, 5) is 41.7. The first-order valence-corrected chi connectivity index (χ1v) is 9.47. The number of aliphatic hydroxyl groups excluding tert-OH is 2. The number of halogens is 1. The van der Waals surface area contributed by atoms with Crippen molar-refractivity contribution in [3.05, 3.63) is 74.9 Å². The molecule has 1 aliphatic rings. The molecular weight excluding hydrogens is 411 g/mol. The first-order chi connectivity index (χ1) is 14.8. The van der Waals surface area contributed by atoms with E-state index in [2.05, 4.69) is 10.3 Å². The van der Waals surface area contributed by atoms with Crippen molar-refractivity contribution in [1.82, 2.24) is 19.9 Å². The Morgan fingerprint density at radius 2 is 2.06 bits per heavy atom. The Morgan fingerprint density at radius 3 is 2.87 bits per heavy atom. The average molecular weight is 430 g/mol. The summed E-state index contributed by atoms with van der Waals surface area (Å²) in [5.41, 5.74) is -1.05. The number of H-pyrrole nitrogens is 1. The number of rotatable bonds is 4. The highest BCUT2D eigenvalue weighted by atomic mass is 19.1. The highest BCUT2D eigenvalue weighted by Gasteiger charge is 2.39. The first kappa shape index (κ1) is 20.8. The van der Waals surface area contributed by atoms with Crippen LogP contribution in [0.4, 0.5) is 4.39 Å². The van der Waals surface area contributed by atoms with E-state index in [1.54, 1.807) is 41.5 Å². The molecule has 0 saturated carbocycles. The van der Waals surface area contributed by atoms with Crippen molar-refractivity contribution < 1.29 is 24.1 Å². The standard InChI is InChI=1S/C20H19FN4O6/c21-12-7-25(20(30)24-19(12)29)8-15-17(27)16(26)14(9-31-15)23-18(28)11-3-1-5-13-10(11)4-2-6-22-13/h1-7,14-17,26-27H,8-9H2,(H,23,28)(H,24,29,30)/t14-,15-,16+,17-/m1/s1. The molecule has 2 aromatic heterocycles. The van der Waals surface area contributed by atoms with Crippen molar-refractivity contribution in [2.24, 2.45) is 0 Å². The molecule has 1 aliphatic heterocycles. The molecule has 0 bridgehead atoms. The second kappa shape index (κ2) is 8.38. The zero-order valence-corrected chi connectivity index (χ0v) is 16.1. The highest BCUT2D eigenvalue weighted by molar-refractivity contribution is 6.06. The van der Waals surface area contributed by atoms with E-state index in [0.717, 1.165) is 4.57 Å². The third-order valence-corrected chi connectivity index (χ3v) is 5.18. The van der Waals surface area contributed by atoms with Crippen LogP contribution in [0.3, 0.4) is 0 Å². The van der Waals surface area contributed by atoms with Crippen LogP contribution < -0.4 is 16.6 Å². The normalized spacial score (nSPS) is 23.6. The second-order valence-electron chi connectivity index (χ2n) is 7.20. The van der Waals surface area contributed by atoms with Gasteiger partial charge in [0, 0.05) is 17.1 Å². The molecule has 4 N–H and O–H groups in total. The van der Waals surface area contributed by atoms with E-state index < -0.39 is 47.3 Å². The van der Waals surface area contributed by atoms with Gasteiger partial charge < -0.3 is 20.3 Å². The quantitative estimate of drug-likeness (QED) is 0.421. The number of aromatic nitrogens is 3. The number of pyridine rings is 1. The molecule has 11 heteroatoms. The van der Waals surface area contributed by atoms with Crippen molar-refractivity contribution >= 4 is 16.8 Å². The summed E-state index contributed by atoms with van der Waals surface area (Å²) in [5, 5.41) is 24.2. The van der Waals surface area contributed by atoms with Crippen LogP contribution in [-0.4, -0.2) is 61.6 Å². The fourth-order valence-electron chi connectivity index (χ4n) is 3.53. The van der Waals surface area contributed by atoms with Gasteiger partial charge in [-0.2, -0.15) is 4.39 Å². The largest absolute Gasteiger partial charge is 0.388 e. The highest BCUT2D eigenvalue weighted by Crippen LogP contribution is 2.20. The summed E-state index contributed by atoms with van der Waals surface area (Å²) < 4.78 is 19.8. The Kier molecular flexibility index (Phi) is 5.63. The number of aliphatic hydroxyl groups is 2. The second-order valence-corrected chi connectivity index (χ2v) is 7.20. The van der Waals surface area contributed by atoms with Crippen LogP contribution in [0.2, 0.25) is 0 Å². The number of benzene rings is 1. The number of fused-ring (bicyclic) bond motifs is 1. The lowest BCUT2D eigenvalue weighted by atomic mass is 9.97. The van der Waals surface area contributed by atoms with E-state index in [9.17, 15) is 29.0 Å². The van der Waals surface area contributed by atoms with Crippen molar-refractivity contribution in [3.63, 3.8) is 0 Å². The van der Waals surface area contributed by atoms with E-state index in [1.165, 1.54) is 0 Å². The number of amides is 1. The maximum absolute atomic E-state index is 13.5. The van der Waals surface area contributed by atoms with Gasteiger partial charge in [0.05, 0.1) is 30.9 Å². The summed E-state index contributed by atoms with van der Waals surface area (Å²) in [6.07, 6.45) is -1.63. The summed E-state index contributed by atoms with van der Waals surface area (Å²) in [5.74, 6) is -1.64. The molecular formula is C20H19FN4O6. The predicted octanol–water partition coefficient (Wildman–Crippen LogP) is -0.857. The first-order valence-electron chi connectivity index (χ1n) is 9.47. The monoisotopic (exact) mass is 430 g/mol. The fraction of sp³-hybridized carbons (Fsp3) is 0.300. The van der Waals surface area contributed by atoms with Crippen LogP contribution >= 0.6 is 0 Å². The summed E-state index contributed by atoms with van der Waals surface area (Å²) in [6, 6.07) is 7.59. The van der Waals surface area contributed by atoms with Crippen LogP contribution in [0.25, 0.3) is 10.9 Å². The van der Waals surface area contributed by atoms with Crippen LogP contribution in [-0.2, 0) is 11.3 Å². The lowest BCUT2D eigenvalue weighted by molar-refractivity contribution is -0.152. The molecule has 0 aliphatic carbocycles. The fourth-order valence-corrected chi connectivity index (χ4v) is 3.53. The molecule has 162 valence electrons. The molecule has 0 radical (unpaired) electrons. The molecule has 4 atom stereocenters. The Bertz CT molecular complexity index is 1240. The molecule has 1 saturated heterocycles. The molecule has 1 aromatic carbocycles. The van der Waals surface area contributed by atoms with E-state index in [0.29, 0.717) is 22.7 Å². The Morgan fingerprint density at radius 1 is 1.26 bits per heavy atom. The van der Waals surface area contributed by atoms with Gasteiger partial charge in [0.15, 0.2) is 0 Å². The van der Waals surface area contributed by atoms with E-state index in [-0.39, 0.29) is 13.2 Å². The minimum absolute atomic E-state index is 0.155. The smallest absolute Gasteiger partial charge is 0.328 e. The van der Waals surface area contributed by atoms with Gasteiger partial charge in [-0.05, 0) is 18.2 Å². The number of aromatic amines is 1. The summed E-state index contributed by atoms with van der Waals surface area (Å²) in [7, 11) is 0. The Hall–Kier alpha value is -3.41. The number of carbonyl (C=O) groups is 1. The molecule has 1 fully saturated rings. The van der Waals surface area contributed by atoms with Crippen molar-refractivity contribution in [2.75, 3.05) is 6.61 Å². The number of nitrogens with zero attached hydrogens (tertiary/aromatic N) is 2. The summed E-state index contributed by atoms with van der Waals surface area (Å²) in [6.45, 7) is -0.460. The zero-order valence-electron chi connectivity index (χ0n) is 16.1. The zero-order chi connectivity index (χ0) is 22.1. The van der Waals surface area contributed by atoms with Gasteiger partial charge in [0.25, 0.3) is 11.5 Å². The molecule has 31 heavy (non-hydrogen) atoms. The summed E-state index contributed by atoms with van der Waals surface area (Å²) >= 11 is 0. The SMILES string of the molecule is O=C(N[C@@H]1CO[C@H](Cn2cc(F)c(=O)[nH]c2=O)[C@@H](O)[C@H]1O)c1cccc2ncccc12. The number of carbonyl (C=O) groups excluding carboxylic acids is 1. The van der Waals surface area contributed by atoms with Gasteiger partial charge >= 0.3 is 5.69 Å². The van der Waals surface area contributed by atoms with E-state index >= 15 is 0 Å². The Labute approximate surface area is 173 Å². The van der Waals surface area contributed by atoms with Crippen molar-refractivity contribution in [2.45, 2.75) is 30.9 Å².